The van der Waals surface area contributed by atoms with Gasteiger partial charge in [-0.3, -0.25) is 0 Å². The molecule has 0 aromatic heterocycles. The first-order valence-corrected chi connectivity index (χ1v) is 9.49. The van der Waals surface area contributed by atoms with Crippen molar-refractivity contribution in [3.8, 4) is 5.75 Å². The Morgan fingerprint density at radius 3 is 2.40 bits per heavy atom. The van der Waals surface area contributed by atoms with Crippen LogP contribution in [0.4, 0.5) is 8.78 Å². The summed E-state index contributed by atoms with van der Waals surface area (Å²) in [5.41, 5.74) is -0.383. The van der Waals surface area contributed by atoms with E-state index < -0.39 is 45.0 Å². The van der Waals surface area contributed by atoms with Gasteiger partial charge in [0, 0.05) is 17.5 Å². The lowest BCUT2D eigenvalue weighted by molar-refractivity contribution is 0.196. The fourth-order valence-electron chi connectivity index (χ4n) is 3.03. The third kappa shape index (κ3) is 3.23. The highest BCUT2D eigenvalue weighted by molar-refractivity contribution is 7.91. The van der Waals surface area contributed by atoms with Crippen molar-refractivity contribution in [2.75, 3.05) is 13.2 Å². The number of sulfone groups is 1. The fourth-order valence-corrected chi connectivity index (χ4v) is 5.22. The van der Waals surface area contributed by atoms with Crippen molar-refractivity contribution in [3.63, 3.8) is 0 Å². The third-order valence-corrected chi connectivity index (χ3v) is 6.72. The summed E-state index contributed by atoms with van der Waals surface area (Å²) in [5, 5.41) is 8.55. The van der Waals surface area contributed by atoms with E-state index in [4.69, 9.17) is 16.3 Å². The maximum absolute atomic E-state index is 14.5. The van der Waals surface area contributed by atoms with Crippen LogP contribution in [-0.2, 0) is 9.84 Å². The number of ether oxygens (including phenoxy) is 1. The summed E-state index contributed by atoms with van der Waals surface area (Å²) in [6.45, 7) is -0.526. The largest absolute Gasteiger partial charge is 0.490 e. The number of hydrogen-bond acceptors (Lipinski definition) is 4. The molecule has 2 unspecified atom stereocenters. The second-order valence-electron chi connectivity index (χ2n) is 5.77. The lowest BCUT2D eigenvalue weighted by Crippen LogP contribution is -2.25. The van der Waals surface area contributed by atoms with Crippen molar-refractivity contribution >= 4 is 21.4 Å². The maximum atomic E-state index is 14.5. The minimum Gasteiger partial charge on any atom is -0.490 e. The number of halogens is 3. The van der Waals surface area contributed by atoms with E-state index in [0.717, 1.165) is 12.1 Å². The highest BCUT2D eigenvalue weighted by atomic mass is 35.5. The smallest absolute Gasteiger partial charge is 0.185 e. The lowest BCUT2D eigenvalue weighted by atomic mass is 9.96. The van der Waals surface area contributed by atoms with Crippen molar-refractivity contribution in [1.29, 1.82) is 0 Å². The van der Waals surface area contributed by atoms with Gasteiger partial charge in [-0.25, -0.2) is 17.2 Å². The highest BCUT2D eigenvalue weighted by Crippen LogP contribution is 2.45. The molecule has 2 aromatic carbocycles. The van der Waals surface area contributed by atoms with E-state index in [1.807, 2.05) is 0 Å². The molecular formula is C17H15ClF2O4S. The van der Waals surface area contributed by atoms with E-state index in [1.54, 1.807) is 0 Å². The number of aliphatic hydroxyl groups is 1. The molecule has 8 heteroatoms. The molecule has 134 valence electrons. The summed E-state index contributed by atoms with van der Waals surface area (Å²) in [7, 11) is -4.12. The zero-order valence-electron chi connectivity index (χ0n) is 13.0. The molecule has 1 aliphatic heterocycles. The molecule has 0 radical (unpaired) electrons. The van der Waals surface area contributed by atoms with Gasteiger partial charge in [0.1, 0.15) is 11.1 Å². The average molecular weight is 389 g/mol. The molecule has 4 nitrogen and oxygen atoms in total. The van der Waals surface area contributed by atoms with Crippen LogP contribution in [0.1, 0.15) is 17.2 Å². The summed E-state index contributed by atoms with van der Waals surface area (Å²) in [6.07, 6.45) is 0.140. The topological polar surface area (TPSA) is 63.6 Å². The Morgan fingerprint density at radius 2 is 1.76 bits per heavy atom. The van der Waals surface area contributed by atoms with Gasteiger partial charge in [-0.15, -0.1) is 0 Å². The molecule has 3 rings (SSSR count). The van der Waals surface area contributed by atoms with E-state index >= 15 is 0 Å². The monoisotopic (exact) mass is 388 g/mol. The first kappa shape index (κ1) is 18.1. The molecule has 1 aliphatic rings. The van der Waals surface area contributed by atoms with Gasteiger partial charge in [-0.05, 0) is 42.8 Å². The van der Waals surface area contributed by atoms with Crippen molar-refractivity contribution in [2.45, 2.75) is 16.6 Å². The Balaban J connectivity index is 2.24. The number of aliphatic hydroxyl groups excluding tert-OH is 1. The summed E-state index contributed by atoms with van der Waals surface area (Å²) in [5.74, 6) is -2.98. The van der Waals surface area contributed by atoms with Crippen LogP contribution in [-0.4, -0.2) is 26.7 Å². The molecule has 2 atom stereocenters. The molecule has 0 fully saturated rings. The number of rotatable bonds is 3. The zero-order valence-corrected chi connectivity index (χ0v) is 14.5. The quantitative estimate of drug-likeness (QED) is 0.873. The summed E-state index contributed by atoms with van der Waals surface area (Å²) in [4.78, 5) is -0.0862. The predicted octanol–water partition coefficient (Wildman–Crippen LogP) is 3.52. The van der Waals surface area contributed by atoms with Crippen LogP contribution < -0.4 is 4.74 Å². The molecule has 25 heavy (non-hydrogen) atoms. The number of hydrogen-bond donors (Lipinski definition) is 1. The van der Waals surface area contributed by atoms with Crippen molar-refractivity contribution in [3.05, 3.63) is 58.6 Å². The second-order valence-corrected chi connectivity index (χ2v) is 8.28. The van der Waals surface area contributed by atoms with Crippen LogP contribution in [0.5, 0.6) is 5.75 Å². The van der Waals surface area contributed by atoms with Crippen LogP contribution in [0.15, 0.2) is 41.3 Å². The molecule has 0 amide bonds. The van der Waals surface area contributed by atoms with Crippen LogP contribution in [0, 0.1) is 17.6 Å². The number of benzene rings is 2. The van der Waals surface area contributed by atoms with E-state index in [-0.39, 0.29) is 23.5 Å². The Kier molecular flexibility index (Phi) is 4.99. The minimum absolute atomic E-state index is 0.0226. The van der Waals surface area contributed by atoms with Gasteiger partial charge in [0.25, 0.3) is 0 Å². The van der Waals surface area contributed by atoms with E-state index in [2.05, 4.69) is 0 Å². The summed E-state index contributed by atoms with van der Waals surface area (Å²) in [6, 6.07) is 7.15. The standard InChI is InChI=1S/C17H15ClF2O4S/c18-11-1-3-12(4-2-11)25(22,23)17-10(9-21)7-8-24-16-14(20)6-5-13(19)15(16)17/h1-6,10,17,21H,7-9H2. The van der Waals surface area contributed by atoms with Gasteiger partial charge in [0.05, 0.1) is 17.1 Å². The van der Waals surface area contributed by atoms with E-state index in [0.29, 0.717) is 5.02 Å². The normalized spacial score (nSPS) is 20.5. The minimum atomic E-state index is -4.12. The second kappa shape index (κ2) is 6.90. The maximum Gasteiger partial charge on any atom is 0.185 e. The zero-order chi connectivity index (χ0) is 18.2. The fraction of sp³-hybridized carbons (Fsp3) is 0.294. The molecule has 0 spiro atoms. The molecule has 0 bridgehead atoms. The summed E-state index contributed by atoms with van der Waals surface area (Å²) < 4.78 is 60.2. The number of fused-ring (bicyclic) bond motifs is 1. The Labute approximate surface area is 148 Å². The van der Waals surface area contributed by atoms with Crippen molar-refractivity contribution < 1.29 is 27.0 Å². The van der Waals surface area contributed by atoms with Crippen LogP contribution in [0.3, 0.4) is 0 Å². The molecule has 0 saturated carbocycles. The van der Waals surface area contributed by atoms with Crippen LogP contribution in [0.2, 0.25) is 5.02 Å². The average Bonchev–Trinajstić information content (AvgIpc) is 2.79. The van der Waals surface area contributed by atoms with Crippen molar-refractivity contribution in [1.82, 2.24) is 0 Å². The van der Waals surface area contributed by atoms with Gasteiger partial charge in [-0.1, -0.05) is 11.6 Å². The molecule has 0 saturated heterocycles. The molecule has 1 N–H and O–H groups in total. The Morgan fingerprint density at radius 1 is 1.12 bits per heavy atom. The van der Waals surface area contributed by atoms with Gasteiger partial charge in [-0.2, -0.15) is 0 Å². The van der Waals surface area contributed by atoms with E-state index in [9.17, 15) is 22.3 Å². The van der Waals surface area contributed by atoms with Gasteiger partial charge in [0.2, 0.25) is 0 Å². The first-order valence-electron chi connectivity index (χ1n) is 7.57. The molecule has 1 heterocycles. The lowest BCUT2D eigenvalue weighted by Gasteiger charge is -2.24. The first-order chi connectivity index (χ1) is 11.9. The Hall–Kier alpha value is -1.70. The van der Waals surface area contributed by atoms with Crippen LogP contribution >= 0.6 is 11.6 Å². The SMILES string of the molecule is O=S(=O)(c1ccc(Cl)cc1)C1c2c(F)ccc(F)c2OCCC1CO. The van der Waals surface area contributed by atoms with Crippen molar-refractivity contribution in [2.24, 2.45) is 5.92 Å². The molecule has 0 aliphatic carbocycles. The van der Waals surface area contributed by atoms with Gasteiger partial charge >= 0.3 is 0 Å². The van der Waals surface area contributed by atoms with E-state index in [1.165, 1.54) is 24.3 Å². The van der Waals surface area contributed by atoms with Gasteiger partial charge in [0.15, 0.2) is 21.4 Å². The predicted molar refractivity (Wildman–Crippen MR) is 88.4 cm³/mol. The molecule has 2 aromatic rings. The molecular weight excluding hydrogens is 374 g/mol. The highest BCUT2D eigenvalue weighted by Gasteiger charge is 2.42. The third-order valence-electron chi connectivity index (χ3n) is 4.25. The van der Waals surface area contributed by atoms with Crippen LogP contribution in [0.25, 0.3) is 0 Å². The summed E-state index contributed by atoms with van der Waals surface area (Å²) >= 11 is 5.79. The Bertz CT molecular complexity index is 884. The van der Waals surface area contributed by atoms with Gasteiger partial charge < -0.3 is 9.84 Å².